The molecule has 0 radical (unpaired) electrons. The van der Waals surface area contributed by atoms with Gasteiger partial charge in [-0.15, -0.1) is 0 Å². The minimum absolute atomic E-state index is 0.160. The Morgan fingerprint density at radius 2 is 1.64 bits per heavy atom. The quantitative estimate of drug-likeness (QED) is 0.168. The summed E-state index contributed by atoms with van der Waals surface area (Å²) in [4.78, 5) is 65.9. The van der Waals surface area contributed by atoms with E-state index in [4.69, 9.17) is 0 Å². The van der Waals surface area contributed by atoms with Crippen molar-refractivity contribution in [2.24, 2.45) is 5.92 Å². The number of carbonyl (C=O) groups is 3. The molecule has 0 aliphatic carbocycles. The van der Waals surface area contributed by atoms with E-state index in [1.54, 1.807) is 12.1 Å². The largest absolute Gasteiger partial charge is 0.325 e. The summed E-state index contributed by atoms with van der Waals surface area (Å²) in [5.74, 6) is -2.76. The molecule has 42 heavy (non-hydrogen) atoms. The molecule has 1 saturated heterocycles. The molecule has 6 rings (SSSR count). The molecular weight excluding hydrogens is 644 g/mol. The van der Waals surface area contributed by atoms with E-state index in [9.17, 15) is 29.3 Å². The van der Waals surface area contributed by atoms with Crippen LogP contribution in [0.4, 0.5) is 17.1 Å². The van der Waals surface area contributed by atoms with E-state index < -0.39 is 39.7 Å². The number of aromatic nitrogens is 1. The van der Waals surface area contributed by atoms with Crippen LogP contribution in [0.15, 0.2) is 87.1 Å². The number of amides is 3. The molecule has 13 heteroatoms. The highest BCUT2D eigenvalue weighted by Gasteiger charge is 2.56. The van der Waals surface area contributed by atoms with Gasteiger partial charge < -0.3 is 5.32 Å². The first-order chi connectivity index (χ1) is 20.1. The first-order valence-corrected chi connectivity index (χ1v) is 15.3. The zero-order chi connectivity index (χ0) is 29.7. The second-order valence-corrected chi connectivity index (χ2v) is 13.0. The van der Waals surface area contributed by atoms with Crippen LogP contribution in [0.25, 0.3) is 0 Å². The van der Waals surface area contributed by atoms with Gasteiger partial charge in [0.15, 0.2) is 0 Å². The number of rotatable bonds is 6. The molecule has 1 aromatic heterocycles. The normalized spacial score (nSPS) is 19.4. The molecule has 3 atom stereocenters. The van der Waals surface area contributed by atoms with Gasteiger partial charge in [0.05, 0.1) is 21.6 Å². The van der Waals surface area contributed by atoms with Crippen molar-refractivity contribution in [1.82, 2.24) is 4.57 Å². The summed E-state index contributed by atoms with van der Waals surface area (Å²) in [7, 11) is 0. The first kappa shape index (κ1) is 28.1. The van der Waals surface area contributed by atoms with E-state index in [1.165, 1.54) is 28.8 Å². The molecule has 2 aliphatic rings. The number of hydrogen-bond donors (Lipinski definition) is 1. The number of nitro groups is 1. The zero-order valence-electron chi connectivity index (χ0n) is 21.9. The third-order valence-electron chi connectivity index (χ3n) is 7.23. The van der Waals surface area contributed by atoms with Crippen molar-refractivity contribution in [2.75, 3.05) is 10.2 Å². The molecule has 2 aliphatic heterocycles. The fourth-order valence-corrected chi connectivity index (χ4v) is 8.28. The second-order valence-electron chi connectivity index (χ2n) is 9.92. The molecule has 3 amide bonds. The van der Waals surface area contributed by atoms with Gasteiger partial charge in [0, 0.05) is 33.1 Å². The van der Waals surface area contributed by atoms with Gasteiger partial charge in [-0.05, 0) is 48.9 Å². The Bertz CT molecular complexity index is 1800. The number of halogens is 1. The maximum absolute atomic E-state index is 13.9. The molecule has 0 spiro atoms. The summed E-state index contributed by atoms with van der Waals surface area (Å²) in [5.41, 5.74) is 2.46. The average molecular weight is 666 g/mol. The molecule has 3 aromatic carbocycles. The van der Waals surface area contributed by atoms with Crippen molar-refractivity contribution in [3.63, 3.8) is 0 Å². The minimum atomic E-state index is -0.866. The second kappa shape index (κ2) is 11.0. The molecule has 10 nitrogen and oxygen atoms in total. The molecule has 0 saturated carbocycles. The number of nitrogens with zero attached hydrogens (tertiary/aromatic N) is 3. The van der Waals surface area contributed by atoms with Crippen molar-refractivity contribution >= 4 is 73.8 Å². The van der Waals surface area contributed by atoms with E-state index in [-0.39, 0.29) is 22.8 Å². The number of carbonyl (C=O) groups excluding carboxylic acids is 3. The number of non-ortho nitro benzene ring substituents is 1. The number of nitrogens with one attached hydrogen (secondary N) is 1. The van der Waals surface area contributed by atoms with Gasteiger partial charge in [-0.2, -0.15) is 0 Å². The number of hydrogen-bond acceptors (Lipinski definition) is 8. The molecule has 1 N–H and O–H groups in total. The highest BCUT2D eigenvalue weighted by atomic mass is 79.9. The zero-order valence-corrected chi connectivity index (χ0v) is 25.1. The van der Waals surface area contributed by atoms with Crippen LogP contribution < -0.4 is 15.1 Å². The van der Waals surface area contributed by atoms with Gasteiger partial charge in [-0.1, -0.05) is 68.9 Å². The average Bonchev–Trinajstić information content (AvgIpc) is 3.41. The lowest BCUT2D eigenvalue weighted by Crippen LogP contribution is -2.33. The van der Waals surface area contributed by atoms with Crippen molar-refractivity contribution in [2.45, 2.75) is 29.7 Å². The summed E-state index contributed by atoms with van der Waals surface area (Å²) >= 11 is 5.51. The highest BCUT2D eigenvalue weighted by Crippen LogP contribution is 2.54. The van der Waals surface area contributed by atoms with Gasteiger partial charge in [-0.3, -0.25) is 33.9 Å². The van der Waals surface area contributed by atoms with E-state index >= 15 is 0 Å². The number of fused-ring (bicyclic) bond motifs is 2. The number of imide groups is 1. The Labute approximate surface area is 255 Å². The van der Waals surface area contributed by atoms with Crippen molar-refractivity contribution in [1.29, 1.82) is 0 Å². The fourth-order valence-electron chi connectivity index (χ4n) is 5.24. The number of anilines is 2. The third-order valence-corrected chi connectivity index (χ3v) is 10.4. The Kier molecular flexibility index (Phi) is 7.33. The molecule has 1 fully saturated rings. The monoisotopic (exact) mass is 664 g/mol. The van der Waals surface area contributed by atoms with E-state index in [0.717, 1.165) is 43.6 Å². The van der Waals surface area contributed by atoms with Gasteiger partial charge in [0.25, 0.3) is 5.69 Å². The number of benzene rings is 3. The third kappa shape index (κ3) is 4.97. The van der Waals surface area contributed by atoms with Gasteiger partial charge in [0.2, 0.25) is 17.7 Å². The van der Waals surface area contributed by atoms with Crippen LogP contribution >= 0.6 is 39.0 Å². The summed E-state index contributed by atoms with van der Waals surface area (Å²) < 4.78 is 2.19. The molecule has 0 bridgehead atoms. The van der Waals surface area contributed by atoms with Crippen LogP contribution in [0, 0.1) is 23.0 Å². The summed E-state index contributed by atoms with van der Waals surface area (Å²) in [5, 5.41) is 13.6. The Morgan fingerprint density at radius 3 is 2.29 bits per heavy atom. The Balaban J connectivity index is 1.39. The van der Waals surface area contributed by atoms with Crippen LogP contribution in [0.2, 0.25) is 0 Å². The van der Waals surface area contributed by atoms with Crippen LogP contribution in [-0.4, -0.2) is 32.5 Å². The number of nitro benzene ring substituents is 1. The summed E-state index contributed by atoms with van der Waals surface area (Å²) in [6, 6.07) is 19.9. The smallest absolute Gasteiger partial charge is 0.308 e. The van der Waals surface area contributed by atoms with Crippen LogP contribution in [0.3, 0.4) is 0 Å². The molecule has 4 aromatic rings. The standard InChI is InChI=1S/C29H21BrN4O6S2/c1-15-2-8-18(9-3-15)31-21(35)14-32-28-25(42-29(32)38)22(16-4-6-17(30)7-5-16)23-24(41-28)27(37)33(26(23)36)19-10-12-20(13-11-19)34(39)40/h2-13,22-24H,14H2,1H3,(H,31,35). The lowest BCUT2D eigenvalue weighted by atomic mass is 9.83. The van der Waals surface area contributed by atoms with Crippen LogP contribution in [0.1, 0.15) is 21.9 Å². The van der Waals surface area contributed by atoms with Crippen molar-refractivity contribution in [3.05, 3.63) is 113 Å². The lowest BCUT2D eigenvalue weighted by molar-refractivity contribution is -0.384. The molecular formula is C29H21BrN4O6S2. The van der Waals surface area contributed by atoms with Gasteiger partial charge in [-0.25, -0.2) is 4.90 Å². The Morgan fingerprint density at radius 1 is 0.976 bits per heavy atom. The highest BCUT2D eigenvalue weighted by molar-refractivity contribution is 9.10. The molecule has 3 unspecified atom stereocenters. The van der Waals surface area contributed by atoms with E-state index in [1.807, 2.05) is 43.3 Å². The lowest BCUT2D eigenvalue weighted by Gasteiger charge is -2.30. The maximum Gasteiger partial charge on any atom is 0.308 e. The number of thioether (sulfide) groups is 1. The summed E-state index contributed by atoms with van der Waals surface area (Å²) in [6.07, 6.45) is 0. The van der Waals surface area contributed by atoms with Gasteiger partial charge >= 0.3 is 4.87 Å². The summed E-state index contributed by atoms with van der Waals surface area (Å²) in [6.45, 7) is 1.68. The molecule has 212 valence electrons. The van der Waals surface area contributed by atoms with Crippen molar-refractivity contribution < 1.29 is 19.3 Å². The predicted octanol–water partition coefficient (Wildman–Crippen LogP) is 5.32. The van der Waals surface area contributed by atoms with Crippen molar-refractivity contribution in [3.8, 4) is 0 Å². The Hall–Kier alpha value is -4.07. The maximum atomic E-state index is 13.9. The van der Waals surface area contributed by atoms with Crippen LogP contribution in [0.5, 0.6) is 0 Å². The number of thiazole rings is 1. The van der Waals surface area contributed by atoms with E-state index in [2.05, 4.69) is 21.2 Å². The van der Waals surface area contributed by atoms with Crippen LogP contribution in [-0.2, 0) is 20.9 Å². The minimum Gasteiger partial charge on any atom is -0.325 e. The molecule has 3 heterocycles. The van der Waals surface area contributed by atoms with Gasteiger partial charge in [0.1, 0.15) is 11.8 Å². The SMILES string of the molecule is Cc1ccc(NC(=O)Cn2c3c(sc2=O)C(c2ccc(Br)cc2)C2C(=O)N(c4ccc([N+](=O)[O-])cc4)C(=O)C2S3)cc1. The van der Waals surface area contributed by atoms with E-state index in [0.29, 0.717) is 15.6 Å². The number of aryl methyl sites for hydroxylation is 1. The predicted molar refractivity (Wildman–Crippen MR) is 163 cm³/mol. The topological polar surface area (TPSA) is 132 Å². The fraction of sp³-hybridized carbons (Fsp3) is 0.172. The first-order valence-electron chi connectivity index (χ1n) is 12.8.